The lowest BCUT2D eigenvalue weighted by atomic mass is 9.79. The number of aliphatic carboxylic acids is 1. The summed E-state index contributed by atoms with van der Waals surface area (Å²) in [4.78, 5) is 10.9. The third-order valence-corrected chi connectivity index (χ3v) is 6.58. The Morgan fingerprint density at radius 3 is 2.36 bits per heavy atom. The topological polar surface area (TPSA) is 66.8 Å². The summed E-state index contributed by atoms with van der Waals surface area (Å²) in [5.74, 6) is -0.0549. The van der Waals surface area contributed by atoms with Crippen molar-refractivity contribution in [2.75, 3.05) is 0 Å². The number of carboxylic acids is 1. The molecule has 3 aromatic rings. The molecule has 0 aliphatic carbocycles. The fraction of sp³-hybridized carbons (Fsp3) is 0.406. The minimum atomic E-state index is -0.898. The average Bonchev–Trinajstić information content (AvgIpc) is 2.81. The molecule has 0 bridgehead atoms. The van der Waals surface area contributed by atoms with Crippen LogP contribution in [0.1, 0.15) is 76.1 Å². The van der Waals surface area contributed by atoms with Gasteiger partial charge >= 0.3 is 5.97 Å². The molecule has 0 aromatic heterocycles. The molecule has 0 unspecified atom stereocenters. The first-order valence-corrected chi connectivity index (χ1v) is 12.9. The Labute approximate surface area is 216 Å². The molecule has 3 rings (SSSR count). The molecule has 192 valence electrons. The second-order valence-electron chi connectivity index (χ2n) is 11.1. The normalized spacial score (nSPS) is 11.9. The number of hydrogen-bond acceptors (Lipinski definition) is 3. The van der Waals surface area contributed by atoms with Gasteiger partial charge in [0.25, 0.3) is 0 Å². The molecule has 0 atom stereocenters. The molecule has 3 aromatic carbocycles. The number of hydrogen-bond donors (Lipinski definition) is 2. The van der Waals surface area contributed by atoms with Crippen molar-refractivity contribution in [3.8, 4) is 16.9 Å². The average molecular weight is 489 g/mol. The van der Waals surface area contributed by atoms with E-state index in [0.29, 0.717) is 13.0 Å². The number of carboxylic acid groups (broad SMARTS) is 1. The van der Waals surface area contributed by atoms with Crippen molar-refractivity contribution in [1.82, 2.24) is 0 Å². The van der Waals surface area contributed by atoms with Crippen LogP contribution in [-0.2, 0) is 29.8 Å². The number of carbonyl (C=O) groups is 1. The fourth-order valence-electron chi connectivity index (χ4n) is 4.72. The maximum atomic E-state index is 10.9. The molecular weight excluding hydrogens is 448 g/mol. The summed E-state index contributed by atoms with van der Waals surface area (Å²) in [5, 5.41) is 19.5. The van der Waals surface area contributed by atoms with Gasteiger partial charge in [-0.2, -0.15) is 0 Å². The van der Waals surface area contributed by atoms with E-state index in [1.165, 1.54) is 11.1 Å². The zero-order valence-corrected chi connectivity index (χ0v) is 22.3. The van der Waals surface area contributed by atoms with Crippen LogP contribution in [-0.4, -0.2) is 16.2 Å². The van der Waals surface area contributed by atoms with Crippen molar-refractivity contribution >= 4 is 5.97 Å². The van der Waals surface area contributed by atoms with Crippen LogP contribution >= 0.6 is 0 Å². The molecular formula is C32H40O4. The highest BCUT2D eigenvalue weighted by Gasteiger charge is 2.21. The molecule has 4 heteroatoms. The van der Waals surface area contributed by atoms with Crippen molar-refractivity contribution in [3.63, 3.8) is 0 Å². The van der Waals surface area contributed by atoms with Gasteiger partial charge in [-0.15, -0.1) is 0 Å². The second-order valence-corrected chi connectivity index (χ2v) is 11.1. The van der Waals surface area contributed by atoms with Gasteiger partial charge in [0.05, 0.1) is 5.60 Å². The monoisotopic (exact) mass is 488 g/mol. The lowest BCUT2D eigenvalue weighted by Gasteiger charge is -2.26. The van der Waals surface area contributed by atoms with Gasteiger partial charge in [-0.1, -0.05) is 75.7 Å². The summed E-state index contributed by atoms with van der Waals surface area (Å²) in [6.45, 7) is 10.9. The van der Waals surface area contributed by atoms with E-state index in [2.05, 4.69) is 51.1 Å². The van der Waals surface area contributed by atoms with Crippen molar-refractivity contribution in [3.05, 3.63) is 89.0 Å². The number of aliphatic hydroxyl groups is 1. The molecule has 0 aliphatic heterocycles. The smallest absolute Gasteiger partial charge is 0.303 e. The highest BCUT2D eigenvalue weighted by atomic mass is 16.5. The van der Waals surface area contributed by atoms with Crippen molar-refractivity contribution in [2.24, 2.45) is 5.41 Å². The highest BCUT2D eigenvalue weighted by molar-refractivity contribution is 5.69. The maximum absolute atomic E-state index is 10.9. The predicted molar refractivity (Wildman–Crippen MR) is 146 cm³/mol. The number of aryl methyl sites for hydroxylation is 1. The van der Waals surface area contributed by atoms with Gasteiger partial charge in [-0.05, 0) is 90.1 Å². The van der Waals surface area contributed by atoms with Crippen LogP contribution in [0.15, 0.2) is 66.7 Å². The lowest BCUT2D eigenvalue weighted by Crippen LogP contribution is -2.16. The van der Waals surface area contributed by atoms with E-state index in [4.69, 9.17) is 9.84 Å². The van der Waals surface area contributed by atoms with Crippen molar-refractivity contribution < 1.29 is 19.7 Å². The number of ether oxygens (including phenoxy) is 1. The number of rotatable bonds is 12. The van der Waals surface area contributed by atoms with E-state index in [1.807, 2.05) is 50.2 Å². The van der Waals surface area contributed by atoms with Gasteiger partial charge in [0, 0.05) is 6.42 Å². The first-order valence-electron chi connectivity index (χ1n) is 12.9. The van der Waals surface area contributed by atoms with Crippen molar-refractivity contribution in [2.45, 2.75) is 78.9 Å². The van der Waals surface area contributed by atoms with Crippen LogP contribution in [0.3, 0.4) is 0 Å². The van der Waals surface area contributed by atoms with Gasteiger partial charge in [0.1, 0.15) is 12.4 Å². The van der Waals surface area contributed by atoms with Gasteiger partial charge in [-0.3, -0.25) is 4.79 Å². The van der Waals surface area contributed by atoms with Crippen LogP contribution in [0.4, 0.5) is 0 Å². The molecule has 0 aliphatic rings. The molecule has 2 N–H and O–H groups in total. The van der Waals surface area contributed by atoms with Crippen LogP contribution in [0.5, 0.6) is 5.75 Å². The van der Waals surface area contributed by atoms with Crippen molar-refractivity contribution in [1.29, 1.82) is 0 Å². The second kappa shape index (κ2) is 11.7. The standard InChI is InChI=1S/C32H40O4/c1-6-17-31(2,3)21-26-18-24(22-36-28-12-7-9-23(19-28)14-16-30(33)34)13-15-29(26)25-10-8-11-27(20-25)32(4,5)35/h7-13,15,18-20,35H,6,14,16-17,21-22H2,1-5H3,(H,33,34). The Kier molecular flexibility index (Phi) is 8.97. The van der Waals surface area contributed by atoms with E-state index in [1.54, 1.807) is 0 Å². The van der Waals surface area contributed by atoms with Gasteiger partial charge in [0.2, 0.25) is 0 Å². The third-order valence-electron chi connectivity index (χ3n) is 6.58. The largest absolute Gasteiger partial charge is 0.489 e. The SMILES string of the molecule is CCCC(C)(C)Cc1cc(COc2cccc(CCC(=O)O)c2)ccc1-c1cccc(C(C)(C)O)c1. The maximum Gasteiger partial charge on any atom is 0.303 e. The molecule has 0 spiro atoms. The first kappa shape index (κ1) is 27.5. The Bertz CT molecular complexity index is 1170. The van der Waals surface area contributed by atoms with E-state index < -0.39 is 11.6 Å². The summed E-state index contributed by atoms with van der Waals surface area (Å²) in [6, 6.07) is 22.4. The van der Waals surface area contributed by atoms with Gasteiger partial charge < -0.3 is 14.9 Å². The Morgan fingerprint density at radius 2 is 1.67 bits per heavy atom. The zero-order chi connectivity index (χ0) is 26.3. The van der Waals surface area contributed by atoms with Crippen LogP contribution in [0.25, 0.3) is 11.1 Å². The van der Waals surface area contributed by atoms with E-state index >= 15 is 0 Å². The lowest BCUT2D eigenvalue weighted by molar-refractivity contribution is -0.136. The Hall–Kier alpha value is -3.11. The minimum Gasteiger partial charge on any atom is -0.489 e. The molecule has 4 nitrogen and oxygen atoms in total. The summed E-state index contributed by atoms with van der Waals surface area (Å²) in [5.41, 5.74) is 5.78. The van der Waals surface area contributed by atoms with Crippen LogP contribution < -0.4 is 4.74 Å². The summed E-state index contributed by atoms with van der Waals surface area (Å²) in [7, 11) is 0. The minimum absolute atomic E-state index is 0.108. The third kappa shape index (κ3) is 7.96. The summed E-state index contributed by atoms with van der Waals surface area (Å²) >= 11 is 0. The van der Waals surface area contributed by atoms with Crippen LogP contribution in [0.2, 0.25) is 0 Å². The molecule has 0 saturated carbocycles. The number of benzene rings is 3. The molecule has 36 heavy (non-hydrogen) atoms. The van der Waals surface area contributed by atoms with E-state index in [9.17, 15) is 9.90 Å². The molecule has 0 radical (unpaired) electrons. The fourth-order valence-corrected chi connectivity index (χ4v) is 4.72. The highest BCUT2D eigenvalue weighted by Crippen LogP contribution is 2.35. The predicted octanol–water partition coefficient (Wildman–Crippen LogP) is 7.55. The van der Waals surface area contributed by atoms with Gasteiger partial charge in [-0.25, -0.2) is 0 Å². The summed E-state index contributed by atoms with van der Waals surface area (Å²) in [6.07, 6.45) is 3.82. The van der Waals surface area contributed by atoms with E-state index in [0.717, 1.165) is 47.3 Å². The van der Waals surface area contributed by atoms with Crippen LogP contribution in [0, 0.1) is 5.41 Å². The molecule has 0 fully saturated rings. The molecule has 0 amide bonds. The Morgan fingerprint density at radius 1 is 0.917 bits per heavy atom. The quantitative estimate of drug-likeness (QED) is 0.276. The summed E-state index contributed by atoms with van der Waals surface area (Å²) < 4.78 is 6.10. The Balaban J connectivity index is 1.88. The first-order chi connectivity index (χ1) is 17.0. The molecule has 0 saturated heterocycles. The zero-order valence-electron chi connectivity index (χ0n) is 22.3. The molecule has 0 heterocycles. The van der Waals surface area contributed by atoms with Gasteiger partial charge in [0.15, 0.2) is 0 Å². The van der Waals surface area contributed by atoms with E-state index in [-0.39, 0.29) is 11.8 Å².